The Labute approximate surface area is 157 Å². The minimum Gasteiger partial charge on any atom is -0.495 e. The molecule has 26 heavy (non-hydrogen) atoms. The van der Waals surface area contributed by atoms with Crippen molar-refractivity contribution in [3.05, 3.63) is 22.7 Å². The molecule has 0 bridgehead atoms. The minimum atomic E-state index is -0.933. The Morgan fingerprint density at radius 1 is 1.38 bits per heavy atom. The van der Waals surface area contributed by atoms with Crippen molar-refractivity contribution < 1.29 is 23.9 Å². The quantitative estimate of drug-likeness (QED) is 0.576. The molecule has 1 aromatic carbocycles. The van der Waals surface area contributed by atoms with Crippen LogP contribution in [0.3, 0.4) is 0 Å². The molecule has 142 valence electrons. The van der Waals surface area contributed by atoms with Gasteiger partial charge in [0, 0.05) is 11.1 Å². The van der Waals surface area contributed by atoms with E-state index in [2.05, 4.69) is 5.32 Å². The largest absolute Gasteiger partial charge is 0.495 e. The van der Waals surface area contributed by atoms with Crippen LogP contribution in [-0.2, 0) is 14.3 Å². The first kappa shape index (κ1) is 20.0. The zero-order valence-electron chi connectivity index (χ0n) is 15.4. The summed E-state index contributed by atoms with van der Waals surface area (Å²) in [6.07, 6.45) is -0.516. The summed E-state index contributed by atoms with van der Waals surface area (Å²) in [5.74, 6) is -1.20. The van der Waals surface area contributed by atoms with Crippen LogP contribution in [0, 0.1) is 11.3 Å². The van der Waals surface area contributed by atoms with Gasteiger partial charge in [-0.15, -0.1) is 0 Å². The Morgan fingerprint density at radius 3 is 2.50 bits per heavy atom. The second kappa shape index (κ2) is 7.15. The Balaban J connectivity index is 2.15. The summed E-state index contributed by atoms with van der Waals surface area (Å²) in [4.78, 5) is 36.7. The van der Waals surface area contributed by atoms with Crippen molar-refractivity contribution in [3.63, 3.8) is 0 Å². The number of esters is 1. The molecule has 3 N–H and O–H groups in total. The molecule has 1 amide bonds. The Morgan fingerprint density at radius 2 is 2.00 bits per heavy atom. The lowest BCUT2D eigenvalue weighted by Gasteiger charge is -2.43. The Bertz CT molecular complexity index is 762. The topological polar surface area (TPSA) is 108 Å². The molecule has 0 aliphatic carbocycles. The molecular weight excluding hydrogens is 360 g/mol. The normalized spacial score (nSPS) is 20.6. The van der Waals surface area contributed by atoms with Crippen molar-refractivity contribution in [1.29, 1.82) is 0 Å². The number of carbonyl (C=O) groups is 3. The van der Waals surface area contributed by atoms with Gasteiger partial charge in [0.2, 0.25) is 0 Å². The van der Waals surface area contributed by atoms with Crippen LogP contribution in [0.15, 0.2) is 12.1 Å². The summed E-state index contributed by atoms with van der Waals surface area (Å²) in [5.41, 5.74) is 5.25. The van der Waals surface area contributed by atoms with E-state index in [0.29, 0.717) is 0 Å². The van der Waals surface area contributed by atoms with E-state index in [0.717, 1.165) is 0 Å². The molecule has 0 spiro atoms. The first-order valence-electron chi connectivity index (χ1n) is 8.19. The average Bonchev–Trinajstić information content (AvgIpc) is 2.59. The zero-order chi connectivity index (χ0) is 19.8. The maximum Gasteiger partial charge on any atom is 0.312 e. The highest BCUT2D eigenvalue weighted by atomic mass is 35.5. The molecule has 7 nitrogen and oxygen atoms in total. The second-order valence-electron chi connectivity index (χ2n) is 7.00. The van der Waals surface area contributed by atoms with Gasteiger partial charge in [-0.05, 0) is 33.8 Å². The predicted octanol–water partition coefficient (Wildman–Crippen LogP) is 2.21. The summed E-state index contributed by atoms with van der Waals surface area (Å²) >= 11 is 5.98. The Hall–Kier alpha value is -2.28. The van der Waals surface area contributed by atoms with Gasteiger partial charge in [0.25, 0.3) is 5.91 Å². The number of nitrogens with two attached hydrogens (primary N) is 1. The third-order valence-corrected chi connectivity index (χ3v) is 4.95. The number of Topliss-reactive ketones (excluding diaryl/α,β-unsaturated/α-hetero) is 1. The zero-order valence-corrected chi connectivity index (χ0v) is 16.1. The number of nitrogen functional groups attached to an aromatic ring is 1. The SMILES string of the molecule is COc1cc(Cl)cc(C(=O)NC(C)C(=O)C(C)(C)C2OC(=O)C2C)c1N. The van der Waals surface area contributed by atoms with Crippen LogP contribution >= 0.6 is 11.6 Å². The van der Waals surface area contributed by atoms with Gasteiger partial charge in [0.15, 0.2) is 5.78 Å². The van der Waals surface area contributed by atoms with Gasteiger partial charge >= 0.3 is 5.97 Å². The van der Waals surface area contributed by atoms with Gasteiger partial charge in [-0.3, -0.25) is 14.4 Å². The molecule has 0 saturated carbocycles. The fourth-order valence-corrected chi connectivity index (χ4v) is 3.35. The number of amides is 1. The first-order valence-corrected chi connectivity index (χ1v) is 8.57. The van der Waals surface area contributed by atoms with E-state index >= 15 is 0 Å². The number of cyclic esters (lactones) is 1. The fraction of sp³-hybridized carbons (Fsp3) is 0.500. The molecule has 0 aromatic heterocycles. The van der Waals surface area contributed by atoms with Crippen LogP contribution < -0.4 is 15.8 Å². The van der Waals surface area contributed by atoms with Crippen molar-refractivity contribution in [2.75, 3.05) is 12.8 Å². The average molecular weight is 383 g/mol. The summed E-state index contributed by atoms with van der Waals surface area (Å²) in [6.45, 7) is 6.68. The maximum atomic E-state index is 12.8. The number of methoxy groups -OCH3 is 1. The lowest BCUT2D eigenvalue weighted by molar-refractivity contribution is -0.198. The van der Waals surface area contributed by atoms with Crippen LogP contribution in [0.1, 0.15) is 38.1 Å². The number of hydrogen-bond donors (Lipinski definition) is 2. The maximum absolute atomic E-state index is 12.8. The molecule has 3 atom stereocenters. The van der Waals surface area contributed by atoms with Crippen LogP contribution in [0.5, 0.6) is 5.75 Å². The molecule has 3 unspecified atom stereocenters. The van der Waals surface area contributed by atoms with Crippen molar-refractivity contribution >= 4 is 34.9 Å². The third-order valence-electron chi connectivity index (χ3n) is 4.73. The highest BCUT2D eigenvalue weighted by molar-refractivity contribution is 6.31. The monoisotopic (exact) mass is 382 g/mol. The van der Waals surface area contributed by atoms with Crippen LogP contribution in [0.25, 0.3) is 0 Å². The predicted molar refractivity (Wildman–Crippen MR) is 97.2 cm³/mol. The number of nitrogens with one attached hydrogen (secondary N) is 1. The molecule has 8 heteroatoms. The molecule has 1 aliphatic heterocycles. The van der Waals surface area contributed by atoms with Crippen molar-refractivity contribution in [3.8, 4) is 5.75 Å². The van der Waals surface area contributed by atoms with E-state index in [1.165, 1.54) is 19.2 Å². The van der Waals surface area contributed by atoms with Crippen molar-refractivity contribution in [2.24, 2.45) is 11.3 Å². The van der Waals surface area contributed by atoms with Crippen LogP contribution in [0.4, 0.5) is 5.69 Å². The standard InChI is InChI=1S/C18H23ClN2O5/c1-8-15(26-17(8)24)18(3,4)14(22)9(2)21-16(23)11-6-10(19)7-12(25-5)13(11)20/h6-9,15H,20H2,1-5H3,(H,21,23). The molecule has 1 aromatic rings. The molecule has 0 radical (unpaired) electrons. The summed E-state index contributed by atoms with van der Waals surface area (Å²) in [7, 11) is 1.42. The number of hydrogen-bond acceptors (Lipinski definition) is 6. The van der Waals surface area contributed by atoms with Crippen molar-refractivity contribution in [1.82, 2.24) is 5.32 Å². The summed E-state index contributed by atoms with van der Waals surface area (Å²) < 4.78 is 10.2. The third kappa shape index (κ3) is 3.49. The lowest BCUT2D eigenvalue weighted by atomic mass is 9.72. The molecule has 1 aliphatic rings. The van der Waals surface area contributed by atoms with E-state index in [1.54, 1.807) is 27.7 Å². The number of rotatable bonds is 6. The minimum absolute atomic E-state index is 0.121. The van der Waals surface area contributed by atoms with Crippen LogP contribution in [-0.4, -0.2) is 36.9 Å². The Kier molecular flexibility index (Phi) is 5.51. The van der Waals surface area contributed by atoms with Gasteiger partial charge < -0.3 is 20.5 Å². The molecule has 1 saturated heterocycles. The molecular formula is C18H23ClN2O5. The van der Waals surface area contributed by atoms with E-state index in [4.69, 9.17) is 26.8 Å². The smallest absolute Gasteiger partial charge is 0.312 e. The first-order chi connectivity index (χ1) is 12.0. The number of ether oxygens (including phenoxy) is 2. The van der Waals surface area contributed by atoms with Gasteiger partial charge in [-0.2, -0.15) is 0 Å². The fourth-order valence-electron chi connectivity index (χ4n) is 3.15. The van der Waals surface area contributed by atoms with Crippen molar-refractivity contribution in [2.45, 2.75) is 39.8 Å². The number of ketones is 1. The lowest BCUT2D eigenvalue weighted by Crippen LogP contribution is -2.58. The highest BCUT2D eigenvalue weighted by Gasteiger charge is 2.52. The van der Waals surface area contributed by atoms with Gasteiger partial charge in [0.1, 0.15) is 11.9 Å². The van der Waals surface area contributed by atoms with E-state index in [9.17, 15) is 14.4 Å². The van der Waals surface area contributed by atoms with Gasteiger partial charge in [-0.1, -0.05) is 11.6 Å². The van der Waals surface area contributed by atoms with E-state index in [1.807, 2.05) is 0 Å². The van der Waals surface area contributed by atoms with E-state index < -0.39 is 23.5 Å². The van der Waals surface area contributed by atoms with E-state index in [-0.39, 0.29) is 39.7 Å². The summed E-state index contributed by atoms with van der Waals surface area (Å²) in [6, 6.07) is 2.10. The highest BCUT2D eigenvalue weighted by Crippen LogP contribution is 2.38. The molecule has 1 fully saturated rings. The second-order valence-corrected chi connectivity index (χ2v) is 7.43. The number of halogens is 1. The number of carbonyl (C=O) groups excluding carboxylic acids is 3. The number of anilines is 1. The molecule has 1 heterocycles. The molecule has 2 rings (SSSR count). The number of benzene rings is 1. The summed E-state index contributed by atoms with van der Waals surface area (Å²) in [5, 5.41) is 2.92. The van der Waals surface area contributed by atoms with Crippen LogP contribution in [0.2, 0.25) is 5.02 Å². The van der Waals surface area contributed by atoms with Gasteiger partial charge in [-0.25, -0.2) is 0 Å². The van der Waals surface area contributed by atoms with Gasteiger partial charge in [0.05, 0.1) is 35.7 Å².